The van der Waals surface area contributed by atoms with Crippen molar-refractivity contribution in [1.29, 1.82) is 0 Å². The number of hydrogen-bond donors (Lipinski definition) is 1. The Balaban J connectivity index is 1.57. The number of fused-ring (bicyclic) bond motifs is 2. The van der Waals surface area contributed by atoms with Crippen LogP contribution < -0.4 is 10.9 Å². The first kappa shape index (κ1) is 22.3. The minimum Gasteiger partial charge on any atom is -0.319 e. The van der Waals surface area contributed by atoms with Crippen molar-refractivity contribution in [2.24, 2.45) is 0 Å². The fourth-order valence-corrected chi connectivity index (χ4v) is 5.31. The molecule has 0 aliphatic carbocycles. The van der Waals surface area contributed by atoms with Crippen LogP contribution in [-0.4, -0.2) is 25.2 Å². The lowest BCUT2D eigenvalue weighted by Crippen LogP contribution is -2.24. The van der Waals surface area contributed by atoms with E-state index < -0.39 is 17.6 Å². The predicted molar refractivity (Wildman–Crippen MR) is 123 cm³/mol. The zero-order valence-electron chi connectivity index (χ0n) is 18.1. The van der Waals surface area contributed by atoms with Gasteiger partial charge in [-0.2, -0.15) is 18.3 Å². The van der Waals surface area contributed by atoms with Gasteiger partial charge < -0.3 is 5.32 Å². The molecule has 0 saturated heterocycles. The summed E-state index contributed by atoms with van der Waals surface area (Å²) in [7, 11) is 0. The van der Waals surface area contributed by atoms with Crippen LogP contribution in [0.4, 0.5) is 18.9 Å². The molecule has 0 spiro atoms. The van der Waals surface area contributed by atoms with E-state index in [1.807, 2.05) is 0 Å². The maximum absolute atomic E-state index is 13.3. The Morgan fingerprint density at radius 1 is 1.21 bits per heavy atom. The second-order valence-corrected chi connectivity index (χ2v) is 9.17. The van der Waals surface area contributed by atoms with E-state index >= 15 is 0 Å². The smallest absolute Gasteiger partial charge is 0.319 e. The van der Waals surface area contributed by atoms with Crippen LogP contribution in [0.5, 0.6) is 0 Å². The molecule has 0 atom stereocenters. The summed E-state index contributed by atoms with van der Waals surface area (Å²) in [6, 6.07) is 4.71. The van der Waals surface area contributed by atoms with Gasteiger partial charge in [-0.05, 0) is 49.6 Å². The molecule has 0 bridgehead atoms. The minimum atomic E-state index is -4.58. The summed E-state index contributed by atoms with van der Waals surface area (Å²) in [5.41, 5.74) is -0.348. The third-order valence-electron chi connectivity index (χ3n) is 5.94. The summed E-state index contributed by atoms with van der Waals surface area (Å²) in [4.78, 5) is 31.8. The van der Waals surface area contributed by atoms with Crippen molar-refractivity contribution in [1.82, 2.24) is 19.3 Å². The van der Waals surface area contributed by atoms with Gasteiger partial charge in [-0.15, -0.1) is 11.3 Å². The van der Waals surface area contributed by atoms with Gasteiger partial charge in [0.05, 0.1) is 27.2 Å². The van der Waals surface area contributed by atoms with E-state index in [4.69, 9.17) is 0 Å². The molecule has 0 radical (unpaired) electrons. The van der Waals surface area contributed by atoms with E-state index in [0.717, 1.165) is 42.7 Å². The normalized spacial score (nSPS) is 14.1. The van der Waals surface area contributed by atoms with Gasteiger partial charge in [0.25, 0.3) is 11.5 Å². The predicted octanol–water partition coefficient (Wildman–Crippen LogP) is 4.95. The molecule has 1 aromatic carbocycles. The van der Waals surface area contributed by atoms with E-state index in [-0.39, 0.29) is 21.8 Å². The van der Waals surface area contributed by atoms with Crippen molar-refractivity contribution in [3.63, 3.8) is 0 Å². The number of hydrogen-bond acceptors (Lipinski definition) is 5. The maximum Gasteiger partial charge on any atom is 0.416 e. The molecule has 7 nitrogen and oxygen atoms in total. The highest BCUT2D eigenvalue weighted by Crippen LogP contribution is 2.34. The summed E-state index contributed by atoms with van der Waals surface area (Å²) < 4.78 is 43.1. The first-order chi connectivity index (χ1) is 16.2. The Bertz CT molecular complexity index is 1450. The number of anilines is 1. The van der Waals surface area contributed by atoms with Crippen molar-refractivity contribution in [3.05, 3.63) is 68.8 Å². The topological polar surface area (TPSA) is 81.8 Å². The van der Waals surface area contributed by atoms with Crippen molar-refractivity contribution >= 4 is 33.1 Å². The largest absolute Gasteiger partial charge is 0.416 e. The number of carbonyl (C=O) groups is 1. The monoisotopic (exact) mass is 487 g/mol. The lowest BCUT2D eigenvalue weighted by Gasteiger charge is -2.14. The van der Waals surface area contributed by atoms with Crippen LogP contribution in [0.25, 0.3) is 15.9 Å². The molecule has 4 aromatic rings. The van der Waals surface area contributed by atoms with Gasteiger partial charge >= 0.3 is 6.18 Å². The van der Waals surface area contributed by atoms with Crippen molar-refractivity contribution in [2.45, 2.75) is 45.3 Å². The van der Waals surface area contributed by atoms with Crippen molar-refractivity contribution < 1.29 is 18.0 Å². The first-order valence-corrected chi connectivity index (χ1v) is 11.6. The fraction of sp³-hybridized carbons (Fsp3) is 0.304. The fourth-order valence-electron chi connectivity index (χ4n) is 4.23. The van der Waals surface area contributed by atoms with E-state index in [2.05, 4.69) is 15.4 Å². The van der Waals surface area contributed by atoms with E-state index in [1.165, 1.54) is 16.9 Å². The summed E-state index contributed by atoms with van der Waals surface area (Å²) in [5.74, 6) is 0.106. The highest BCUT2D eigenvalue weighted by atomic mass is 32.1. The standard InChI is InChI=1S/C23H20F3N5O2S/c1-13-18-21(29-17-6-3-2-4-10-30(17)22(18)33)34-19(13)20(32)28-15-12-14(23(24,25)26)7-8-16(15)31-11-5-9-27-31/h5,7-9,11-12H,2-4,6,10H2,1H3,(H,28,32). The number of halogens is 3. The molecule has 11 heteroatoms. The summed E-state index contributed by atoms with van der Waals surface area (Å²) in [5, 5.41) is 7.06. The van der Waals surface area contributed by atoms with Gasteiger partial charge in [0.15, 0.2) is 0 Å². The van der Waals surface area contributed by atoms with Crippen LogP contribution in [0.1, 0.15) is 45.9 Å². The second-order valence-electron chi connectivity index (χ2n) is 8.17. The minimum absolute atomic E-state index is 0.0409. The van der Waals surface area contributed by atoms with Crippen LogP contribution in [0.2, 0.25) is 0 Å². The van der Waals surface area contributed by atoms with Crippen molar-refractivity contribution in [2.75, 3.05) is 5.32 Å². The lowest BCUT2D eigenvalue weighted by atomic mass is 10.1. The third kappa shape index (κ3) is 3.89. The van der Waals surface area contributed by atoms with Crippen LogP contribution in [0, 0.1) is 6.92 Å². The average molecular weight is 488 g/mol. The number of thiophene rings is 1. The molecule has 0 fully saturated rings. The number of nitrogens with zero attached hydrogens (tertiary/aromatic N) is 4. The zero-order chi connectivity index (χ0) is 24.0. The van der Waals surface area contributed by atoms with Crippen LogP contribution in [-0.2, 0) is 19.1 Å². The highest BCUT2D eigenvalue weighted by molar-refractivity contribution is 7.20. The van der Waals surface area contributed by atoms with E-state index in [9.17, 15) is 22.8 Å². The van der Waals surface area contributed by atoms with Crippen LogP contribution in [0.15, 0.2) is 41.5 Å². The van der Waals surface area contributed by atoms with Gasteiger partial charge in [0.2, 0.25) is 0 Å². The quantitative estimate of drug-likeness (QED) is 0.443. The Labute approximate surface area is 195 Å². The van der Waals surface area contributed by atoms with Crippen molar-refractivity contribution in [3.8, 4) is 5.69 Å². The lowest BCUT2D eigenvalue weighted by molar-refractivity contribution is -0.137. The van der Waals surface area contributed by atoms with Gasteiger partial charge in [0, 0.05) is 25.4 Å². The van der Waals surface area contributed by atoms with Crippen LogP contribution >= 0.6 is 11.3 Å². The molecule has 1 N–H and O–H groups in total. The molecule has 0 unspecified atom stereocenters. The molecule has 5 rings (SSSR count). The molecule has 1 aliphatic rings. The first-order valence-electron chi connectivity index (χ1n) is 10.8. The van der Waals surface area contributed by atoms with E-state index in [0.29, 0.717) is 34.6 Å². The number of nitrogens with one attached hydrogen (secondary N) is 1. The Kier molecular flexibility index (Phi) is 5.51. The van der Waals surface area contributed by atoms with Gasteiger partial charge in [-0.1, -0.05) is 6.42 Å². The SMILES string of the molecule is Cc1c(C(=O)Nc2cc(C(F)(F)F)ccc2-n2cccn2)sc2nc3n(c(=O)c12)CCCCC3. The molecular weight excluding hydrogens is 467 g/mol. The number of aromatic nitrogens is 4. The zero-order valence-corrected chi connectivity index (χ0v) is 19.0. The molecule has 0 saturated carbocycles. The Hall–Kier alpha value is -3.47. The van der Waals surface area contributed by atoms with Gasteiger partial charge in [-0.3, -0.25) is 14.2 Å². The summed E-state index contributed by atoms with van der Waals surface area (Å²) >= 11 is 1.08. The van der Waals surface area contributed by atoms with E-state index in [1.54, 1.807) is 23.8 Å². The molecule has 3 aromatic heterocycles. The number of carbonyl (C=O) groups excluding carboxylic acids is 1. The molecule has 176 valence electrons. The summed E-state index contributed by atoms with van der Waals surface area (Å²) in [6.45, 7) is 2.26. The Morgan fingerprint density at radius 3 is 2.76 bits per heavy atom. The number of amides is 1. The molecule has 34 heavy (non-hydrogen) atoms. The summed E-state index contributed by atoms with van der Waals surface area (Å²) in [6.07, 6.45) is 2.04. The Morgan fingerprint density at radius 2 is 2.03 bits per heavy atom. The van der Waals surface area contributed by atoms with Gasteiger partial charge in [0.1, 0.15) is 10.7 Å². The number of rotatable bonds is 3. The molecule has 4 heterocycles. The van der Waals surface area contributed by atoms with Crippen LogP contribution in [0.3, 0.4) is 0 Å². The number of alkyl halides is 3. The average Bonchev–Trinajstić information content (AvgIpc) is 3.36. The third-order valence-corrected chi connectivity index (χ3v) is 7.13. The molecule has 1 aliphatic heterocycles. The number of aryl methyl sites for hydroxylation is 2. The molecular formula is C23H20F3N5O2S. The highest BCUT2D eigenvalue weighted by Gasteiger charge is 2.32. The molecule has 1 amide bonds. The maximum atomic E-state index is 13.3. The number of benzene rings is 1. The second kappa shape index (κ2) is 8.39. The van der Waals surface area contributed by atoms with Gasteiger partial charge in [-0.25, -0.2) is 9.67 Å².